The van der Waals surface area contributed by atoms with Gasteiger partial charge in [-0.15, -0.1) is 0 Å². The monoisotopic (exact) mass is 282 g/mol. The zero-order valence-electron chi connectivity index (χ0n) is 9.42. The Morgan fingerprint density at radius 3 is 1.44 bits per heavy atom. The minimum Gasteiger partial charge on any atom is -0.385 e. The first-order chi connectivity index (χ1) is 8.58. The van der Waals surface area contributed by atoms with Gasteiger partial charge >= 0.3 is 0 Å². The fraction of sp³-hybridized carbons (Fsp3) is 0.143. The van der Waals surface area contributed by atoms with Gasteiger partial charge in [0, 0.05) is 10.0 Å². The zero-order chi connectivity index (χ0) is 13.1. The Morgan fingerprint density at radius 2 is 1.11 bits per heavy atom. The topological polar surface area (TPSA) is 40.5 Å². The molecule has 2 rings (SSSR count). The lowest BCUT2D eigenvalue weighted by Crippen LogP contribution is -2.10. The molecule has 0 bridgehead atoms. The molecule has 0 radical (unpaired) electrons. The molecule has 0 fully saturated rings. The van der Waals surface area contributed by atoms with E-state index in [0.717, 1.165) is 0 Å². The van der Waals surface area contributed by atoms with Crippen molar-refractivity contribution >= 4 is 23.2 Å². The van der Waals surface area contributed by atoms with Crippen molar-refractivity contribution in [2.24, 2.45) is 0 Å². The van der Waals surface area contributed by atoms with Crippen LogP contribution in [0, 0.1) is 0 Å². The molecule has 0 spiro atoms. The second kappa shape index (κ2) is 5.72. The van der Waals surface area contributed by atoms with Crippen molar-refractivity contribution in [3.05, 3.63) is 69.7 Å². The van der Waals surface area contributed by atoms with E-state index >= 15 is 0 Å². The SMILES string of the molecule is O[C@@H](c1cccc(Cl)c1)[C@@H](O)c1cccc(Cl)c1. The highest BCUT2D eigenvalue weighted by Crippen LogP contribution is 2.30. The summed E-state index contributed by atoms with van der Waals surface area (Å²) < 4.78 is 0. The number of halogens is 2. The van der Waals surface area contributed by atoms with Gasteiger partial charge in [0.05, 0.1) is 0 Å². The van der Waals surface area contributed by atoms with Crippen LogP contribution in [0.4, 0.5) is 0 Å². The number of aliphatic hydroxyl groups is 2. The summed E-state index contributed by atoms with van der Waals surface area (Å²) in [4.78, 5) is 0. The summed E-state index contributed by atoms with van der Waals surface area (Å²) in [6.45, 7) is 0. The second-order valence-corrected chi connectivity index (χ2v) is 4.87. The molecule has 0 aromatic heterocycles. The van der Waals surface area contributed by atoms with Crippen LogP contribution >= 0.6 is 23.2 Å². The molecule has 94 valence electrons. The summed E-state index contributed by atoms with van der Waals surface area (Å²) in [5, 5.41) is 21.2. The Balaban J connectivity index is 2.26. The van der Waals surface area contributed by atoms with E-state index in [9.17, 15) is 10.2 Å². The maximum Gasteiger partial charge on any atom is 0.109 e. The Bertz CT molecular complexity index is 493. The third kappa shape index (κ3) is 3.03. The van der Waals surface area contributed by atoms with Crippen LogP contribution < -0.4 is 0 Å². The summed E-state index contributed by atoms with van der Waals surface area (Å²) in [7, 11) is 0. The first-order valence-corrected chi connectivity index (χ1v) is 6.20. The molecule has 0 aliphatic rings. The number of rotatable bonds is 3. The van der Waals surface area contributed by atoms with E-state index in [1.165, 1.54) is 0 Å². The average Bonchev–Trinajstić information content (AvgIpc) is 2.37. The van der Waals surface area contributed by atoms with Crippen molar-refractivity contribution in [1.82, 2.24) is 0 Å². The Morgan fingerprint density at radius 1 is 0.722 bits per heavy atom. The quantitative estimate of drug-likeness (QED) is 0.900. The van der Waals surface area contributed by atoms with Gasteiger partial charge in [-0.05, 0) is 35.4 Å². The largest absolute Gasteiger partial charge is 0.385 e. The lowest BCUT2D eigenvalue weighted by Gasteiger charge is -2.19. The maximum absolute atomic E-state index is 10.1. The van der Waals surface area contributed by atoms with Crippen molar-refractivity contribution < 1.29 is 10.2 Å². The fourth-order valence-electron chi connectivity index (χ4n) is 1.75. The van der Waals surface area contributed by atoms with Crippen LogP contribution in [0.25, 0.3) is 0 Å². The van der Waals surface area contributed by atoms with E-state index in [0.29, 0.717) is 21.2 Å². The Hall–Kier alpha value is -1.06. The van der Waals surface area contributed by atoms with Crippen molar-refractivity contribution in [1.29, 1.82) is 0 Å². The van der Waals surface area contributed by atoms with Gasteiger partial charge in [-0.1, -0.05) is 47.5 Å². The number of hydrogen-bond acceptors (Lipinski definition) is 2. The zero-order valence-corrected chi connectivity index (χ0v) is 10.9. The van der Waals surface area contributed by atoms with Gasteiger partial charge in [0.15, 0.2) is 0 Å². The molecule has 0 unspecified atom stereocenters. The van der Waals surface area contributed by atoms with E-state index in [4.69, 9.17) is 23.2 Å². The van der Waals surface area contributed by atoms with Crippen molar-refractivity contribution in [2.75, 3.05) is 0 Å². The van der Waals surface area contributed by atoms with Crippen LogP contribution in [-0.2, 0) is 0 Å². The third-order valence-electron chi connectivity index (χ3n) is 2.68. The van der Waals surface area contributed by atoms with Crippen molar-refractivity contribution in [2.45, 2.75) is 12.2 Å². The predicted octanol–water partition coefficient (Wildman–Crippen LogP) is 3.76. The van der Waals surface area contributed by atoms with Crippen LogP contribution in [-0.4, -0.2) is 10.2 Å². The summed E-state index contributed by atoms with van der Waals surface area (Å²) in [5.41, 5.74) is 1.13. The predicted molar refractivity (Wildman–Crippen MR) is 72.8 cm³/mol. The summed E-state index contributed by atoms with van der Waals surface area (Å²) >= 11 is 11.7. The van der Waals surface area contributed by atoms with Gasteiger partial charge in [-0.25, -0.2) is 0 Å². The van der Waals surface area contributed by atoms with E-state index in [1.54, 1.807) is 48.5 Å². The molecular weight excluding hydrogens is 271 g/mol. The minimum atomic E-state index is -1.04. The molecule has 0 aliphatic carbocycles. The molecule has 0 saturated heterocycles. The molecule has 2 N–H and O–H groups in total. The second-order valence-electron chi connectivity index (χ2n) is 4.00. The van der Waals surface area contributed by atoms with Gasteiger partial charge < -0.3 is 10.2 Å². The maximum atomic E-state index is 10.1. The highest BCUT2D eigenvalue weighted by molar-refractivity contribution is 6.30. The standard InChI is InChI=1S/C14H12Cl2O2/c15-11-5-1-3-9(7-11)13(17)14(18)10-4-2-6-12(16)8-10/h1-8,13-14,17-18H/t13-,14-/m0/s1. The van der Waals surface area contributed by atoms with Gasteiger partial charge in [0.2, 0.25) is 0 Å². The molecular formula is C14H12Cl2O2. The van der Waals surface area contributed by atoms with Crippen LogP contribution in [0.5, 0.6) is 0 Å². The minimum absolute atomic E-state index is 0.518. The van der Waals surface area contributed by atoms with Gasteiger partial charge in [-0.3, -0.25) is 0 Å². The summed E-state index contributed by atoms with van der Waals surface area (Å²) in [5.74, 6) is 0. The van der Waals surface area contributed by atoms with Gasteiger partial charge in [0.1, 0.15) is 12.2 Å². The Labute approximate surface area is 115 Å². The van der Waals surface area contributed by atoms with E-state index in [-0.39, 0.29) is 0 Å². The molecule has 0 aliphatic heterocycles. The van der Waals surface area contributed by atoms with E-state index in [1.807, 2.05) is 0 Å². The number of aliphatic hydroxyl groups excluding tert-OH is 2. The number of hydrogen-bond donors (Lipinski definition) is 2. The van der Waals surface area contributed by atoms with Crippen molar-refractivity contribution in [3.63, 3.8) is 0 Å². The van der Waals surface area contributed by atoms with Gasteiger partial charge in [-0.2, -0.15) is 0 Å². The van der Waals surface area contributed by atoms with Crippen molar-refractivity contribution in [3.8, 4) is 0 Å². The van der Waals surface area contributed by atoms with Crippen LogP contribution in [0.1, 0.15) is 23.3 Å². The molecule has 0 saturated carbocycles. The highest BCUT2D eigenvalue weighted by Gasteiger charge is 2.20. The first kappa shape index (κ1) is 13.4. The molecule has 0 heterocycles. The summed E-state index contributed by atoms with van der Waals surface area (Å²) in [6, 6.07) is 13.6. The normalized spacial score (nSPS) is 14.2. The average molecular weight is 283 g/mol. The van der Waals surface area contributed by atoms with Crippen LogP contribution in [0.15, 0.2) is 48.5 Å². The molecule has 2 aromatic carbocycles. The molecule has 2 aromatic rings. The fourth-order valence-corrected chi connectivity index (χ4v) is 2.14. The van der Waals surface area contributed by atoms with E-state index in [2.05, 4.69) is 0 Å². The molecule has 2 nitrogen and oxygen atoms in total. The molecule has 18 heavy (non-hydrogen) atoms. The van der Waals surface area contributed by atoms with Crippen LogP contribution in [0.3, 0.4) is 0 Å². The smallest absolute Gasteiger partial charge is 0.109 e. The third-order valence-corrected chi connectivity index (χ3v) is 3.15. The molecule has 4 heteroatoms. The lowest BCUT2D eigenvalue weighted by atomic mass is 9.98. The Kier molecular flexibility index (Phi) is 4.25. The number of benzene rings is 2. The highest BCUT2D eigenvalue weighted by atomic mass is 35.5. The molecule has 0 amide bonds. The lowest BCUT2D eigenvalue weighted by molar-refractivity contribution is 0.0172. The van der Waals surface area contributed by atoms with E-state index < -0.39 is 12.2 Å². The van der Waals surface area contributed by atoms with Crippen LogP contribution in [0.2, 0.25) is 10.0 Å². The first-order valence-electron chi connectivity index (χ1n) is 5.45. The molecule has 2 atom stereocenters. The van der Waals surface area contributed by atoms with Gasteiger partial charge in [0.25, 0.3) is 0 Å². The summed E-state index contributed by atoms with van der Waals surface area (Å²) in [6.07, 6.45) is -2.08.